The van der Waals surface area contributed by atoms with E-state index >= 15 is 0 Å². The average molecular weight is 277 g/mol. The molecule has 0 radical (unpaired) electrons. The zero-order valence-electron chi connectivity index (χ0n) is 9.02. The molecule has 1 N–H and O–H groups in total. The minimum Gasteiger partial charge on any atom is -0.384 e. The Bertz CT molecular complexity index is 479. The first-order valence-corrected chi connectivity index (χ1v) is 5.97. The van der Waals surface area contributed by atoms with Crippen molar-refractivity contribution < 1.29 is 5.11 Å². The van der Waals surface area contributed by atoms with E-state index in [9.17, 15) is 5.11 Å². The first kappa shape index (κ1) is 11.4. The molecule has 2 aromatic rings. The third-order valence-corrected chi connectivity index (χ3v) is 3.28. The first-order valence-electron chi connectivity index (χ1n) is 5.17. The molecule has 0 saturated carbocycles. The summed E-state index contributed by atoms with van der Waals surface area (Å²) in [5.41, 5.74) is 2.97. The molecule has 0 spiro atoms. The van der Waals surface area contributed by atoms with Crippen LogP contribution in [0.25, 0.3) is 0 Å². The number of aliphatic hydroxyl groups is 1. The summed E-state index contributed by atoms with van der Waals surface area (Å²) in [5, 5.41) is 10.3. The van der Waals surface area contributed by atoms with Gasteiger partial charge in [-0.15, -0.1) is 0 Å². The molecule has 0 heterocycles. The average Bonchev–Trinajstić information content (AvgIpc) is 2.32. The van der Waals surface area contributed by atoms with Gasteiger partial charge in [0.05, 0.1) is 0 Å². The molecule has 0 aromatic heterocycles. The maximum atomic E-state index is 10.3. The SMILES string of the molecule is Cc1ccc(Br)c(C(O)c2ccccc2)c1. The summed E-state index contributed by atoms with van der Waals surface area (Å²) < 4.78 is 0.939. The van der Waals surface area contributed by atoms with Gasteiger partial charge in [0, 0.05) is 4.47 Å². The van der Waals surface area contributed by atoms with E-state index in [2.05, 4.69) is 15.9 Å². The molecule has 0 aliphatic carbocycles. The molecule has 0 amide bonds. The lowest BCUT2D eigenvalue weighted by Gasteiger charge is -2.13. The molecule has 16 heavy (non-hydrogen) atoms. The van der Waals surface area contributed by atoms with Crippen molar-refractivity contribution in [3.63, 3.8) is 0 Å². The van der Waals surface area contributed by atoms with Gasteiger partial charge in [0.1, 0.15) is 6.10 Å². The van der Waals surface area contributed by atoms with Crippen molar-refractivity contribution in [3.05, 3.63) is 69.7 Å². The van der Waals surface area contributed by atoms with Crippen LogP contribution < -0.4 is 0 Å². The molecule has 0 bridgehead atoms. The zero-order chi connectivity index (χ0) is 11.5. The molecule has 1 atom stereocenters. The number of rotatable bonds is 2. The minimum atomic E-state index is -0.574. The molecule has 0 saturated heterocycles. The van der Waals surface area contributed by atoms with Gasteiger partial charge in [0.15, 0.2) is 0 Å². The highest BCUT2D eigenvalue weighted by Gasteiger charge is 2.13. The summed E-state index contributed by atoms with van der Waals surface area (Å²) in [6, 6.07) is 15.7. The molecule has 1 unspecified atom stereocenters. The predicted molar refractivity (Wildman–Crippen MR) is 69.4 cm³/mol. The molecular weight excluding hydrogens is 264 g/mol. The smallest absolute Gasteiger partial charge is 0.105 e. The fourth-order valence-corrected chi connectivity index (χ4v) is 2.15. The minimum absolute atomic E-state index is 0.574. The molecule has 82 valence electrons. The van der Waals surface area contributed by atoms with Crippen molar-refractivity contribution in [2.45, 2.75) is 13.0 Å². The quantitative estimate of drug-likeness (QED) is 0.884. The van der Waals surface area contributed by atoms with Crippen LogP contribution in [0.4, 0.5) is 0 Å². The lowest BCUT2D eigenvalue weighted by Crippen LogP contribution is -2.00. The van der Waals surface area contributed by atoms with E-state index in [0.29, 0.717) is 0 Å². The van der Waals surface area contributed by atoms with E-state index in [4.69, 9.17) is 0 Å². The van der Waals surface area contributed by atoms with Gasteiger partial charge in [-0.3, -0.25) is 0 Å². The van der Waals surface area contributed by atoms with Crippen LogP contribution in [0.2, 0.25) is 0 Å². The normalized spacial score (nSPS) is 12.4. The molecule has 2 rings (SSSR count). The zero-order valence-corrected chi connectivity index (χ0v) is 10.6. The summed E-state index contributed by atoms with van der Waals surface area (Å²) in [6.45, 7) is 2.02. The highest BCUT2D eigenvalue weighted by molar-refractivity contribution is 9.10. The van der Waals surface area contributed by atoms with E-state index < -0.39 is 6.10 Å². The Morgan fingerprint density at radius 1 is 1.06 bits per heavy atom. The Morgan fingerprint density at radius 3 is 2.44 bits per heavy atom. The highest BCUT2D eigenvalue weighted by Crippen LogP contribution is 2.29. The second-order valence-electron chi connectivity index (χ2n) is 3.84. The van der Waals surface area contributed by atoms with Crippen molar-refractivity contribution in [2.24, 2.45) is 0 Å². The monoisotopic (exact) mass is 276 g/mol. The van der Waals surface area contributed by atoms with Crippen molar-refractivity contribution in [2.75, 3.05) is 0 Å². The van der Waals surface area contributed by atoms with Crippen molar-refractivity contribution in [3.8, 4) is 0 Å². The molecule has 2 heteroatoms. The molecule has 1 nitrogen and oxygen atoms in total. The summed E-state index contributed by atoms with van der Waals surface area (Å²) >= 11 is 3.47. The maximum absolute atomic E-state index is 10.3. The van der Waals surface area contributed by atoms with E-state index in [0.717, 1.165) is 21.2 Å². The van der Waals surface area contributed by atoms with Gasteiger partial charge in [0.25, 0.3) is 0 Å². The van der Waals surface area contributed by atoms with Crippen LogP contribution in [0, 0.1) is 6.92 Å². The van der Waals surface area contributed by atoms with E-state index in [1.165, 1.54) is 0 Å². The number of aryl methyl sites for hydroxylation is 1. The molecular formula is C14H13BrO. The van der Waals surface area contributed by atoms with Gasteiger partial charge < -0.3 is 5.11 Å². The maximum Gasteiger partial charge on any atom is 0.105 e. The predicted octanol–water partition coefficient (Wildman–Crippen LogP) is 3.84. The second kappa shape index (κ2) is 4.81. The fraction of sp³-hybridized carbons (Fsp3) is 0.143. The van der Waals surface area contributed by atoms with Gasteiger partial charge >= 0.3 is 0 Å². The highest BCUT2D eigenvalue weighted by atomic mass is 79.9. The lowest BCUT2D eigenvalue weighted by molar-refractivity contribution is 0.219. The Hall–Kier alpha value is -1.12. The lowest BCUT2D eigenvalue weighted by atomic mass is 10.0. The summed E-state index contributed by atoms with van der Waals surface area (Å²) in [4.78, 5) is 0. The van der Waals surface area contributed by atoms with Crippen LogP contribution in [0.15, 0.2) is 53.0 Å². The van der Waals surface area contributed by atoms with Crippen LogP contribution in [0.3, 0.4) is 0 Å². The topological polar surface area (TPSA) is 20.2 Å². The van der Waals surface area contributed by atoms with Crippen LogP contribution in [-0.4, -0.2) is 5.11 Å². The van der Waals surface area contributed by atoms with Gasteiger partial charge in [-0.25, -0.2) is 0 Å². The Balaban J connectivity index is 2.41. The molecule has 0 fully saturated rings. The third kappa shape index (κ3) is 2.34. The van der Waals surface area contributed by atoms with Crippen LogP contribution in [0.5, 0.6) is 0 Å². The molecule has 0 aliphatic rings. The number of hydrogen-bond donors (Lipinski definition) is 1. The number of aliphatic hydroxyl groups excluding tert-OH is 1. The van der Waals surface area contributed by atoms with Crippen LogP contribution in [-0.2, 0) is 0 Å². The van der Waals surface area contributed by atoms with E-state index in [1.807, 2.05) is 55.5 Å². The molecule has 0 aliphatic heterocycles. The largest absolute Gasteiger partial charge is 0.384 e. The number of hydrogen-bond acceptors (Lipinski definition) is 1. The first-order chi connectivity index (χ1) is 7.68. The van der Waals surface area contributed by atoms with Gasteiger partial charge in [-0.2, -0.15) is 0 Å². The van der Waals surface area contributed by atoms with E-state index in [1.54, 1.807) is 0 Å². The van der Waals surface area contributed by atoms with Crippen molar-refractivity contribution >= 4 is 15.9 Å². The third-order valence-electron chi connectivity index (χ3n) is 2.56. The van der Waals surface area contributed by atoms with Crippen molar-refractivity contribution in [1.82, 2.24) is 0 Å². The second-order valence-corrected chi connectivity index (χ2v) is 4.69. The summed E-state index contributed by atoms with van der Waals surface area (Å²) in [6.07, 6.45) is -0.574. The van der Waals surface area contributed by atoms with Crippen LogP contribution in [0.1, 0.15) is 22.8 Å². The fourth-order valence-electron chi connectivity index (χ4n) is 1.69. The number of benzene rings is 2. The standard InChI is InChI=1S/C14H13BrO/c1-10-7-8-13(15)12(9-10)14(16)11-5-3-2-4-6-11/h2-9,14,16H,1H3. The molecule has 2 aromatic carbocycles. The van der Waals surface area contributed by atoms with Gasteiger partial charge in [-0.05, 0) is 24.1 Å². The Kier molecular flexibility index (Phi) is 3.42. The number of halogens is 1. The van der Waals surface area contributed by atoms with Crippen molar-refractivity contribution in [1.29, 1.82) is 0 Å². The van der Waals surface area contributed by atoms with Crippen LogP contribution >= 0.6 is 15.9 Å². The Morgan fingerprint density at radius 2 is 1.75 bits per heavy atom. The van der Waals surface area contributed by atoms with Gasteiger partial charge in [0.2, 0.25) is 0 Å². The Labute approximate surface area is 104 Å². The van der Waals surface area contributed by atoms with E-state index in [-0.39, 0.29) is 0 Å². The van der Waals surface area contributed by atoms with Gasteiger partial charge in [-0.1, -0.05) is 64.0 Å². The summed E-state index contributed by atoms with van der Waals surface area (Å²) in [7, 11) is 0. The summed E-state index contributed by atoms with van der Waals surface area (Å²) in [5.74, 6) is 0.